The fourth-order valence-electron chi connectivity index (χ4n) is 1.39. The molecule has 0 aromatic heterocycles. The zero-order chi connectivity index (χ0) is 10.0. The first-order valence-corrected chi connectivity index (χ1v) is 4.22. The second kappa shape index (κ2) is 4.32. The van der Waals surface area contributed by atoms with Gasteiger partial charge >= 0.3 is 0 Å². The van der Waals surface area contributed by atoms with E-state index >= 15 is 0 Å². The Hall–Kier alpha value is -0.240. The number of aliphatic hydroxyl groups is 4. The number of nitrogens with two attached hydrogens (primary N) is 1. The number of hydrogen-bond donors (Lipinski definition) is 6. The van der Waals surface area contributed by atoms with Crippen LogP contribution in [0.5, 0.6) is 0 Å². The molecule has 6 nitrogen and oxygen atoms in total. The van der Waals surface area contributed by atoms with Gasteiger partial charge in [0.05, 0.1) is 37.0 Å². The lowest BCUT2D eigenvalue weighted by Gasteiger charge is -2.25. The van der Waals surface area contributed by atoms with Crippen LogP contribution in [0.3, 0.4) is 0 Å². The summed E-state index contributed by atoms with van der Waals surface area (Å²) < 4.78 is 0. The molecule has 5 atom stereocenters. The van der Waals surface area contributed by atoms with Gasteiger partial charge in [0.2, 0.25) is 0 Å². The summed E-state index contributed by atoms with van der Waals surface area (Å²) >= 11 is 0. The number of hydrogen-bond acceptors (Lipinski definition) is 6. The average molecular weight is 192 g/mol. The number of β-amino-alcohol motifs (C(OH)–C–C–N with tert-alkyl or cyclic N) is 1. The maximum atomic E-state index is 9.44. The minimum atomic E-state index is -1.22. The van der Waals surface area contributed by atoms with Gasteiger partial charge in [-0.25, -0.2) is 0 Å². The zero-order valence-corrected chi connectivity index (χ0v) is 7.17. The van der Waals surface area contributed by atoms with Gasteiger partial charge in [-0.2, -0.15) is 0 Å². The molecule has 0 amide bonds. The van der Waals surface area contributed by atoms with Crippen molar-refractivity contribution in [1.29, 1.82) is 0 Å². The molecule has 0 radical (unpaired) electrons. The lowest BCUT2D eigenvalue weighted by molar-refractivity contribution is -0.0310. The Bertz CT molecular complexity index is 167. The summed E-state index contributed by atoms with van der Waals surface area (Å²) in [5.74, 6) is 0. The van der Waals surface area contributed by atoms with Gasteiger partial charge in [0.25, 0.3) is 0 Å². The van der Waals surface area contributed by atoms with E-state index in [1.165, 1.54) is 0 Å². The van der Waals surface area contributed by atoms with Crippen molar-refractivity contribution in [2.45, 2.75) is 30.4 Å². The number of rotatable bonds is 1. The quantitative estimate of drug-likeness (QED) is 0.255. The first kappa shape index (κ1) is 10.8. The Morgan fingerprint density at radius 1 is 1.23 bits per heavy atom. The van der Waals surface area contributed by atoms with E-state index in [0.717, 1.165) is 0 Å². The molecular weight excluding hydrogens is 176 g/mol. The largest absolute Gasteiger partial charge is 0.395 e. The highest BCUT2D eigenvalue weighted by molar-refractivity contribution is 4.95. The molecule has 1 aliphatic heterocycles. The molecular formula is C7H16N2O4. The Labute approximate surface area is 76.0 Å². The highest BCUT2D eigenvalue weighted by atomic mass is 16.3. The zero-order valence-electron chi connectivity index (χ0n) is 7.17. The van der Waals surface area contributed by atoms with E-state index in [1.807, 2.05) is 0 Å². The van der Waals surface area contributed by atoms with Gasteiger partial charge < -0.3 is 31.5 Å². The minimum Gasteiger partial charge on any atom is -0.395 e. The summed E-state index contributed by atoms with van der Waals surface area (Å²) in [6, 6.07) is -1.53. The van der Waals surface area contributed by atoms with E-state index in [4.69, 9.17) is 10.8 Å². The minimum absolute atomic E-state index is 0.153. The van der Waals surface area contributed by atoms with Crippen LogP contribution in [0.1, 0.15) is 0 Å². The van der Waals surface area contributed by atoms with Gasteiger partial charge in [-0.05, 0) is 0 Å². The van der Waals surface area contributed by atoms with Crippen molar-refractivity contribution in [2.24, 2.45) is 5.73 Å². The standard InChI is InChI=1S/C7H16N2O4/c8-5-4(11)1-9-3(2-10)6(12)7(5)13/h3-7,9-13H,1-2,8H2/t3-,4-,5+,6-,7-/m1/s1. The SMILES string of the molecule is N[C@@H]1[C@@H](O)[C@H](O)[C@@H](CO)NC[C@H]1O. The smallest absolute Gasteiger partial charge is 0.0991 e. The second-order valence-corrected chi connectivity index (χ2v) is 3.32. The predicted octanol–water partition coefficient (Wildman–Crippen LogP) is -3.64. The fourth-order valence-corrected chi connectivity index (χ4v) is 1.39. The van der Waals surface area contributed by atoms with E-state index in [-0.39, 0.29) is 13.2 Å². The van der Waals surface area contributed by atoms with Crippen LogP contribution in [-0.2, 0) is 0 Å². The maximum absolute atomic E-state index is 9.44. The molecule has 7 N–H and O–H groups in total. The summed E-state index contributed by atoms with van der Waals surface area (Å²) in [4.78, 5) is 0. The van der Waals surface area contributed by atoms with Crippen LogP contribution in [0.25, 0.3) is 0 Å². The second-order valence-electron chi connectivity index (χ2n) is 3.32. The van der Waals surface area contributed by atoms with Crippen molar-refractivity contribution in [3.63, 3.8) is 0 Å². The first-order chi connectivity index (χ1) is 6.07. The average Bonchev–Trinajstić information content (AvgIpc) is 2.22. The van der Waals surface area contributed by atoms with E-state index < -0.39 is 30.4 Å². The van der Waals surface area contributed by atoms with E-state index in [0.29, 0.717) is 0 Å². The van der Waals surface area contributed by atoms with Gasteiger partial charge in [0.15, 0.2) is 0 Å². The van der Waals surface area contributed by atoms with Gasteiger partial charge in [0.1, 0.15) is 0 Å². The molecule has 1 fully saturated rings. The van der Waals surface area contributed by atoms with Crippen LogP contribution in [0.15, 0.2) is 0 Å². The molecule has 13 heavy (non-hydrogen) atoms. The monoisotopic (exact) mass is 192 g/mol. The van der Waals surface area contributed by atoms with Crippen molar-refractivity contribution in [2.75, 3.05) is 13.2 Å². The van der Waals surface area contributed by atoms with Crippen LogP contribution >= 0.6 is 0 Å². The summed E-state index contributed by atoms with van der Waals surface area (Å²) in [5, 5.41) is 39.7. The molecule has 1 saturated heterocycles. The van der Waals surface area contributed by atoms with E-state index in [1.54, 1.807) is 0 Å². The van der Waals surface area contributed by atoms with Crippen molar-refractivity contribution in [3.8, 4) is 0 Å². The molecule has 0 unspecified atom stereocenters. The Morgan fingerprint density at radius 2 is 1.85 bits per heavy atom. The molecule has 0 aliphatic carbocycles. The topological polar surface area (TPSA) is 119 Å². The van der Waals surface area contributed by atoms with Crippen molar-refractivity contribution < 1.29 is 20.4 Å². The molecule has 1 aliphatic rings. The van der Waals surface area contributed by atoms with Crippen molar-refractivity contribution >= 4 is 0 Å². The van der Waals surface area contributed by atoms with Crippen LogP contribution in [0.4, 0.5) is 0 Å². The third-order valence-corrected chi connectivity index (χ3v) is 2.39. The molecule has 0 spiro atoms. The third-order valence-electron chi connectivity index (χ3n) is 2.39. The maximum Gasteiger partial charge on any atom is 0.0991 e. The normalized spacial score (nSPS) is 47.3. The predicted molar refractivity (Wildman–Crippen MR) is 44.9 cm³/mol. The van der Waals surface area contributed by atoms with Gasteiger partial charge in [-0.3, -0.25) is 0 Å². The summed E-state index contributed by atoms with van der Waals surface area (Å²) in [5.41, 5.74) is 5.45. The van der Waals surface area contributed by atoms with Crippen LogP contribution in [-0.4, -0.2) is 64.0 Å². The van der Waals surface area contributed by atoms with Gasteiger partial charge in [-0.15, -0.1) is 0 Å². The lowest BCUT2D eigenvalue weighted by atomic mass is 10.00. The molecule has 1 rings (SSSR count). The van der Waals surface area contributed by atoms with Crippen LogP contribution < -0.4 is 11.1 Å². The molecule has 0 bridgehead atoms. The van der Waals surface area contributed by atoms with Gasteiger partial charge in [-0.1, -0.05) is 0 Å². The molecule has 6 heteroatoms. The number of nitrogens with one attached hydrogen (secondary N) is 1. The first-order valence-electron chi connectivity index (χ1n) is 4.22. The summed E-state index contributed by atoms with van der Waals surface area (Å²) in [7, 11) is 0. The molecule has 1 heterocycles. The molecule has 0 saturated carbocycles. The van der Waals surface area contributed by atoms with Crippen LogP contribution in [0.2, 0.25) is 0 Å². The number of aliphatic hydroxyl groups excluding tert-OH is 4. The molecule has 78 valence electrons. The summed E-state index contributed by atoms with van der Waals surface area (Å²) in [6.07, 6.45) is -3.29. The molecule has 0 aromatic rings. The Morgan fingerprint density at radius 3 is 2.38 bits per heavy atom. The lowest BCUT2D eigenvalue weighted by Crippen LogP contribution is -2.52. The summed E-state index contributed by atoms with van der Waals surface area (Å²) in [6.45, 7) is -0.155. The third kappa shape index (κ3) is 2.16. The van der Waals surface area contributed by atoms with Crippen molar-refractivity contribution in [3.05, 3.63) is 0 Å². The molecule has 0 aromatic carbocycles. The van der Waals surface area contributed by atoms with Gasteiger partial charge in [0, 0.05) is 6.54 Å². The highest BCUT2D eigenvalue weighted by Crippen LogP contribution is 2.10. The Balaban J connectivity index is 2.69. The highest BCUT2D eigenvalue weighted by Gasteiger charge is 2.36. The Kier molecular flexibility index (Phi) is 3.60. The van der Waals surface area contributed by atoms with E-state index in [2.05, 4.69) is 5.32 Å². The van der Waals surface area contributed by atoms with E-state index in [9.17, 15) is 15.3 Å². The van der Waals surface area contributed by atoms with Crippen LogP contribution in [0, 0.1) is 0 Å². The van der Waals surface area contributed by atoms with Crippen molar-refractivity contribution in [1.82, 2.24) is 5.32 Å². The fraction of sp³-hybridized carbons (Fsp3) is 1.00.